The van der Waals surface area contributed by atoms with E-state index < -0.39 is 24.2 Å². The fourth-order valence-electron chi connectivity index (χ4n) is 2.74. The van der Waals surface area contributed by atoms with Crippen molar-refractivity contribution >= 4 is 23.4 Å². The zero-order valence-electron chi connectivity index (χ0n) is 14.4. The summed E-state index contributed by atoms with van der Waals surface area (Å²) in [4.78, 5) is 37.7. The fraction of sp³-hybridized carbons (Fsp3) is 0.211. The number of halogens is 1. The van der Waals surface area contributed by atoms with Gasteiger partial charge in [0.15, 0.2) is 18.2 Å². The number of rotatable bonds is 5. The highest BCUT2D eigenvalue weighted by Gasteiger charge is 2.25. The first kappa shape index (κ1) is 18.4. The highest BCUT2D eigenvalue weighted by atomic mass is 19.1. The van der Waals surface area contributed by atoms with E-state index in [2.05, 4.69) is 10.9 Å². The van der Waals surface area contributed by atoms with Crippen LogP contribution in [0.3, 0.4) is 0 Å². The first-order valence-electron chi connectivity index (χ1n) is 8.42. The SMILES string of the molecule is O=C(COc1ccccc1F)NNC(=O)c1ccccc1N1CCCC1=O. The Bertz CT molecular complexity index is 872. The van der Waals surface area contributed by atoms with E-state index in [-0.39, 0.29) is 17.2 Å². The number of hydrazine groups is 1. The molecular weight excluding hydrogens is 353 g/mol. The van der Waals surface area contributed by atoms with E-state index in [1.165, 1.54) is 18.2 Å². The Morgan fingerprint density at radius 3 is 2.56 bits per heavy atom. The van der Waals surface area contributed by atoms with Gasteiger partial charge in [0.05, 0.1) is 11.3 Å². The lowest BCUT2D eigenvalue weighted by Gasteiger charge is -2.19. The second-order valence-electron chi connectivity index (χ2n) is 5.89. The number of carbonyl (C=O) groups excluding carboxylic acids is 3. The molecule has 2 aromatic carbocycles. The van der Waals surface area contributed by atoms with Crippen molar-refractivity contribution in [1.29, 1.82) is 0 Å². The first-order chi connectivity index (χ1) is 13.1. The molecule has 140 valence electrons. The van der Waals surface area contributed by atoms with Crippen LogP contribution in [-0.2, 0) is 9.59 Å². The van der Waals surface area contributed by atoms with Crippen LogP contribution in [0.25, 0.3) is 0 Å². The normalized spacial score (nSPS) is 13.4. The number of amides is 3. The van der Waals surface area contributed by atoms with Gasteiger partial charge in [0, 0.05) is 13.0 Å². The van der Waals surface area contributed by atoms with Gasteiger partial charge in [0.25, 0.3) is 11.8 Å². The molecule has 2 aromatic rings. The van der Waals surface area contributed by atoms with Gasteiger partial charge >= 0.3 is 0 Å². The standard InChI is InChI=1S/C19H18FN3O4/c20-14-7-2-4-9-16(14)27-12-17(24)21-22-19(26)13-6-1-3-8-15(13)23-11-5-10-18(23)25/h1-4,6-9H,5,10-12H2,(H,21,24)(H,22,26). The first-order valence-corrected chi connectivity index (χ1v) is 8.42. The molecule has 1 fully saturated rings. The Kier molecular flexibility index (Phi) is 5.65. The van der Waals surface area contributed by atoms with Crippen LogP contribution in [0, 0.1) is 5.82 Å². The smallest absolute Gasteiger partial charge is 0.276 e. The van der Waals surface area contributed by atoms with Crippen LogP contribution >= 0.6 is 0 Å². The highest BCUT2D eigenvalue weighted by molar-refractivity contribution is 6.05. The van der Waals surface area contributed by atoms with Crippen molar-refractivity contribution in [3.05, 3.63) is 59.9 Å². The second kappa shape index (κ2) is 8.31. The van der Waals surface area contributed by atoms with Crippen LogP contribution < -0.4 is 20.5 Å². The minimum atomic E-state index is -0.652. The summed E-state index contributed by atoms with van der Waals surface area (Å²) in [5.74, 6) is -1.90. The van der Waals surface area contributed by atoms with Gasteiger partial charge in [-0.1, -0.05) is 24.3 Å². The largest absolute Gasteiger partial charge is 0.481 e. The average molecular weight is 371 g/mol. The van der Waals surface area contributed by atoms with E-state index in [0.29, 0.717) is 18.7 Å². The molecule has 1 aliphatic heterocycles. The quantitative estimate of drug-likeness (QED) is 0.785. The van der Waals surface area contributed by atoms with Gasteiger partial charge in [-0.15, -0.1) is 0 Å². The molecule has 0 bridgehead atoms. The van der Waals surface area contributed by atoms with Crippen LogP contribution in [0.2, 0.25) is 0 Å². The summed E-state index contributed by atoms with van der Waals surface area (Å²) < 4.78 is 18.5. The van der Waals surface area contributed by atoms with Gasteiger partial charge in [-0.2, -0.15) is 0 Å². The van der Waals surface area contributed by atoms with Gasteiger partial charge in [-0.05, 0) is 30.7 Å². The molecule has 7 nitrogen and oxygen atoms in total. The number of hydrogen-bond acceptors (Lipinski definition) is 4. The number of carbonyl (C=O) groups is 3. The molecule has 1 heterocycles. The van der Waals surface area contributed by atoms with E-state index in [4.69, 9.17) is 4.74 Å². The molecule has 0 unspecified atom stereocenters. The summed E-state index contributed by atoms with van der Waals surface area (Å²) in [6.45, 7) is 0.0828. The Hall–Kier alpha value is -3.42. The third-order valence-electron chi connectivity index (χ3n) is 4.02. The molecule has 2 N–H and O–H groups in total. The number of anilines is 1. The lowest BCUT2D eigenvalue weighted by Crippen LogP contribution is -2.44. The molecule has 3 amide bonds. The molecule has 0 spiro atoms. The Morgan fingerprint density at radius 2 is 1.81 bits per heavy atom. The summed E-state index contributed by atoms with van der Waals surface area (Å²) >= 11 is 0. The van der Waals surface area contributed by atoms with E-state index in [9.17, 15) is 18.8 Å². The molecule has 1 saturated heterocycles. The maximum atomic E-state index is 13.4. The lowest BCUT2D eigenvalue weighted by atomic mass is 10.1. The van der Waals surface area contributed by atoms with Gasteiger partial charge in [-0.25, -0.2) is 4.39 Å². The summed E-state index contributed by atoms with van der Waals surface area (Å²) in [6, 6.07) is 12.3. The minimum Gasteiger partial charge on any atom is -0.481 e. The number of nitrogens with one attached hydrogen (secondary N) is 2. The van der Waals surface area contributed by atoms with Crippen molar-refractivity contribution < 1.29 is 23.5 Å². The summed E-state index contributed by atoms with van der Waals surface area (Å²) in [6.07, 6.45) is 1.18. The number of hydrogen-bond donors (Lipinski definition) is 2. The molecule has 8 heteroatoms. The fourth-order valence-corrected chi connectivity index (χ4v) is 2.74. The van der Waals surface area contributed by atoms with Crippen molar-refractivity contribution in [3.63, 3.8) is 0 Å². The number of benzene rings is 2. The summed E-state index contributed by atoms with van der Waals surface area (Å²) in [7, 11) is 0. The van der Waals surface area contributed by atoms with Crippen LogP contribution in [0.15, 0.2) is 48.5 Å². The summed E-state index contributed by atoms with van der Waals surface area (Å²) in [5.41, 5.74) is 5.25. The van der Waals surface area contributed by atoms with E-state index in [1.807, 2.05) is 0 Å². The zero-order chi connectivity index (χ0) is 19.2. The monoisotopic (exact) mass is 371 g/mol. The van der Waals surface area contributed by atoms with Crippen molar-refractivity contribution in [2.24, 2.45) is 0 Å². The maximum absolute atomic E-state index is 13.4. The highest BCUT2D eigenvalue weighted by Crippen LogP contribution is 2.25. The van der Waals surface area contributed by atoms with Crippen LogP contribution in [0.4, 0.5) is 10.1 Å². The predicted molar refractivity (Wildman–Crippen MR) is 95.5 cm³/mol. The molecule has 0 aromatic heterocycles. The Morgan fingerprint density at radius 1 is 1.07 bits per heavy atom. The molecule has 27 heavy (non-hydrogen) atoms. The van der Waals surface area contributed by atoms with Crippen molar-refractivity contribution in [1.82, 2.24) is 10.9 Å². The number of ether oxygens (including phenoxy) is 1. The lowest BCUT2D eigenvalue weighted by molar-refractivity contribution is -0.124. The molecule has 0 atom stereocenters. The topological polar surface area (TPSA) is 87.7 Å². The van der Waals surface area contributed by atoms with Gasteiger partial charge in [-0.3, -0.25) is 25.2 Å². The number of nitrogens with zero attached hydrogens (tertiary/aromatic N) is 1. The Balaban J connectivity index is 1.57. The minimum absolute atomic E-state index is 0.0439. The van der Waals surface area contributed by atoms with Crippen LogP contribution in [0.1, 0.15) is 23.2 Å². The van der Waals surface area contributed by atoms with Gasteiger partial charge < -0.3 is 9.64 Å². The van der Waals surface area contributed by atoms with Crippen molar-refractivity contribution in [2.75, 3.05) is 18.1 Å². The molecule has 3 rings (SSSR count). The van der Waals surface area contributed by atoms with Crippen molar-refractivity contribution in [2.45, 2.75) is 12.8 Å². The van der Waals surface area contributed by atoms with E-state index >= 15 is 0 Å². The Labute approximate surface area is 155 Å². The third kappa shape index (κ3) is 4.41. The number of para-hydroxylation sites is 2. The van der Waals surface area contributed by atoms with Crippen LogP contribution in [-0.4, -0.2) is 30.9 Å². The molecule has 0 saturated carbocycles. The van der Waals surface area contributed by atoms with Crippen LogP contribution in [0.5, 0.6) is 5.75 Å². The van der Waals surface area contributed by atoms with Crippen molar-refractivity contribution in [3.8, 4) is 5.75 Å². The van der Waals surface area contributed by atoms with E-state index in [0.717, 1.165) is 6.42 Å². The molecular formula is C19H18FN3O4. The average Bonchev–Trinajstić information content (AvgIpc) is 3.11. The molecule has 0 aliphatic carbocycles. The maximum Gasteiger partial charge on any atom is 0.276 e. The molecule has 1 aliphatic rings. The zero-order valence-corrected chi connectivity index (χ0v) is 14.4. The summed E-state index contributed by atoms with van der Waals surface area (Å²) in [5, 5.41) is 0. The van der Waals surface area contributed by atoms with Gasteiger partial charge in [0.1, 0.15) is 0 Å². The predicted octanol–water partition coefficient (Wildman–Crippen LogP) is 1.79. The second-order valence-corrected chi connectivity index (χ2v) is 5.89. The molecule has 0 radical (unpaired) electrons. The van der Waals surface area contributed by atoms with Gasteiger partial charge in [0.2, 0.25) is 5.91 Å². The third-order valence-corrected chi connectivity index (χ3v) is 4.02. The van der Waals surface area contributed by atoms with E-state index in [1.54, 1.807) is 35.2 Å².